The van der Waals surface area contributed by atoms with Gasteiger partial charge in [-0.1, -0.05) is 6.92 Å². The topological polar surface area (TPSA) is 69.2 Å². The van der Waals surface area contributed by atoms with Crippen molar-refractivity contribution in [2.24, 2.45) is 0 Å². The van der Waals surface area contributed by atoms with E-state index in [1.54, 1.807) is 6.20 Å². The van der Waals surface area contributed by atoms with Crippen molar-refractivity contribution in [2.45, 2.75) is 19.9 Å². The number of anilines is 3. The highest BCUT2D eigenvalue weighted by Crippen LogP contribution is 2.20. The molecule has 1 aliphatic rings. The van der Waals surface area contributed by atoms with Crippen LogP contribution in [0.5, 0.6) is 0 Å². The van der Waals surface area contributed by atoms with Crippen molar-refractivity contribution in [1.82, 2.24) is 19.9 Å². The van der Waals surface area contributed by atoms with Gasteiger partial charge in [-0.2, -0.15) is 0 Å². The standard InChI is InChI=1S/C24H31N7/c1-3-11-25-23-9-4-19(17-28-23)22-10-12-26-24(29-22)18-27-20-5-7-21(8-6-20)31-15-13-30(2)14-16-31/h4-10,12,17,27H,3,11,13-16,18H2,1-2H3,(H,25,28). The zero-order valence-electron chi connectivity index (χ0n) is 18.4. The van der Waals surface area contributed by atoms with Crippen LogP contribution in [0.4, 0.5) is 17.2 Å². The number of hydrogen-bond acceptors (Lipinski definition) is 7. The Morgan fingerprint density at radius 2 is 1.71 bits per heavy atom. The minimum atomic E-state index is 0.575. The van der Waals surface area contributed by atoms with E-state index < -0.39 is 0 Å². The van der Waals surface area contributed by atoms with E-state index in [0.29, 0.717) is 6.54 Å². The van der Waals surface area contributed by atoms with E-state index in [1.165, 1.54) is 5.69 Å². The number of nitrogens with one attached hydrogen (secondary N) is 2. The Labute approximate surface area is 184 Å². The molecule has 0 saturated carbocycles. The zero-order valence-corrected chi connectivity index (χ0v) is 18.4. The fourth-order valence-electron chi connectivity index (χ4n) is 3.58. The molecule has 7 nitrogen and oxygen atoms in total. The van der Waals surface area contributed by atoms with Gasteiger partial charge in [0, 0.05) is 62.1 Å². The Morgan fingerprint density at radius 3 is 2.42 bits per heavy atom. The molecule has 4 rings (SSSR count). The van der Waals surface area contributed by atoms with Gasteiger partial charge in [-0.05, 0) is 55.9 Å². The molecule has 3 heterocycles. The van der Waals surface area contributed by atoms with Crippen LogP contribution in [-0.4, -0.2) is 59.6 Å². The van der Waals surface area contributed by atoms with E-state index in [9.17, 15) is 0 Å². The maximum absolute atomic E-state index is 4.70. The maximum atomic E-state index is 4.70. The van der Waals surface area contributed by atoms with Gasteiger partial charge in [-0.15, -0.1) is 0 Å². The summed E-state index contributed by atoms with van der Waals surface area (Å²) in [7, 11) is 2.18. The monoisotopic (exact) mass is 417 g/mol. The number of nitrogens with zero attached hydrogens (tertiary/aromatic N) is 5. The molecule has 3 aromatic rings. The van der Waals surface area contributed by atoms with Gasteiger partial charge in [0.05, 0.1) is 12.2 Å². The Balaban J connectivity index is 1.35. The van der Waals surface area contributed by atoms with Crippen LogP contribution in [0.15, 0.2) is 54.9 Å². The van der Waals surface area contributed by atoms with E-state index in [2.05, 4.69) is 68.6 Å². The average molecular weight is 418 g/mol. The smallest absolute Gasteiger partial charge is 0.147 e. The first-order chi connectivity index (χ1) is 15.2. The quantitative estimate of drug-likeness (QED) is 0.579. The molecule has 2 aromatic heterocycles. The first-order valence-corrected chi connectivity index (χ1v) is 11.0. The van der Waals surface area contributed by atoms with Gasteiger partial charge in [0.2, 0.25) is 0 Å². The highest BCUT2D eigenvalue weighted by molar-refractivity contribution is 5.59. The SMILES string of the molecule is CCCNc1ccc(-c2ccnc(CNc3ccc(N4CCN(C)CC4)cc3)n2)cn1. The summed E-state index contributed by atoms with van der Waals surface area (Å²) in [6.45, 7) is 8.02. The molecule has 1 saturated heterocycles. The second-order valence-corrected chi connectivity index (χ2v) is 7.91. The van der Waals surface area contributed by atoms with Gasteiger partial charge < -0.3 is 20.4 Å². The number of aromatic nitrogens is 3. The number of hydrogen-bond donors (Lipinski definition) is 2. The molecule has 0 spiro atoms. The van der Waals surface area contributed by atoms with Gasteiger partial charge in [0.15, 0.2) is 0 Å². The Hall–Kier alpha value is -3.19. The van der Waals surface area contributed by atoms with Crippen LogP contribution >= 0.6 is 0 Å². The molecule has 1 aromatic carbocycles. The second kappa shape index (κ2) is 10.2. The van der Waals surface area contributed by atoms with E-state index in [4.69, 9.17) is 4.98 Å². The number of benzene rings is 1. The maximum Gasteiger partial charge on any atom is 0.147 e. The Bertz CT molecular complexity index is 948. The molecule has 162 valence electrons. The van der Waals surface area contributed by atoms with Crippen LogP contribution in [0.2, 0.25) is 0 Å². The predicted molar refractivity (Wildman–Crippen MR) is 128 cm³/mol. The summed E-state index contributed by atoms with van der Waals surface area (Å²) >= 11 is 0. The van der Waals surface area contributed by atoms with Gasteiger partial charge in [0.25, 0.3) is 0 Å². The van der Waals surface area contributed by atoms with Crippen LogP contribution < -0.4 is 15.5 Å². The third-order valence-corrected chi connectivity index (χ3v) is 5.51. The van der Waals surface area contributed by atoms with Crippen molar-refractivity contribution in [1.29, 1.82) is 0 Å². The summed E-state index contributed by atoms with van der Waals surface area (Å²) in [6.07, 6.45) is 4.73. The third-order valence-electron chi connectivity index (χ3n) is 5.51. The van der Waals surface area contributed by atoms with Crippen molar-refractivity contribution < 1.29 is 0 Å². The van der Waals surface area contributed by atoms with Crippen molar-refractivity contribution >= 4 is 17.2 Å². The molecule has 1 fully saturated rings. The van der Waals surface area contributed by atoms with Gasteiger partial charge in [0.1, 0.15) is 11.6 Å². The molecular formula is C24H31N7. The molecule has 31 heavy (non-hydrogen) atoms. The molecule has 0 atom stereocenters. The fourth-order valence-corrected chi connectivity index (χ4v) is 3.58. The van der Waals surface area contributed by atoms with Crippen LogP contribution in [0.3, 0.4) is 0 Å². The average Bonchev–Trinajstić information content (AvgIpc) is 2.83. The van der Waals surface area contributed by atoms with Crippen LogP contribution in [0.25, 0.3) is 11.3 Å². The van der Waals surface area contributed by atoms with Crippen molar-refractivity contribution in [2.75, 3.05) is 55.3 Å². The molecule has 0 aliphatic carbocycles. The summed E-state index contributed by atoms with van der Waals surface area (Å²) in [5.74, 6) is 1.65. The lowest BCUT2D eigenvalue weighted by molar-refractivity contribution is 0.313. The van der Waals surface area contributed by atoms with Gasteiger partial charge >= 0.3 is 0 Å². The van der Waals surface area contributed by atoms with Crippen LogP contribution in [0, 0.1) is 0 Å². The summed E-state index contributed by atoms with van der Waals surface area (Å²) in [5, 5.41) is 6.72. The molecule has 2 N–H and O–H groups in total. The molecule has 0 radical (unpaired) electrons. The predicted octanol–water partition coefficient (Wildman–Crippen LogP) is 3.72. The summed E-state index contributed by atoms with van der Waals surface area (Å²) < 4.78 is 0. The van der Waals surface area contributed by atoms with Crippen LogP contribution in [-0.2, 0) is 6.54 Å². The first-order valence-electron chi connectivity index (χ1n) is 11.0. The first kappa shape index (κ1) is 21.1. The fraction of sp³-hybridized carbons (Fsp3) is 0.375. The highest BCUT2D eigenvalue weighted by atomic mass is 15.2. The van der Waals surface area contributed by atoms with E-state index in [-0.39, 0.29) is 0 Å². The largest absolute Gasteiger partial charge is 0.378 e. The Morgan fingerprint density at radius 1 is 0.903 bits per heavy atom. The molecule has 0 bridgehead atoms. The third kappa shape index (κ3) is 5.70. The van der Waals surface area contributed by atoms with Crippen LogP contribution in [0.1, 0.15) is 19.2 Å². The number of rotatable bonds is 8. The van der Waals surface area contributed by atoms with E-state index in [1.807, 2.05) is 24.4 Å². The summed E-state index contributed by atoms with van der Waals surface area (Å²) in [6, 6.07) is 14.6. The summed E-state index contributed by atoms with van der Waals surface area (Å²) in [5.41, 5.74) is 4.22. The zero-order chi connectivity index (χ0) is 21.5. The van der Waals surface area contributed by atoms with Crippen molar-refractivity contribution in [3.63, 3.8) is 0 Å². The van der Waals surface area contributed by atoms with Gasteiger partial charge in [-0.3, -0.25) is 0 Å². The second-order valence-electron chi connectivity index (χ2n) is 7.91. The molecule has 1 aliphatic heterocycles. The minimum Gasteiger partial charge on any atom is -0.378 e. The lowest BCUT2D eigenvalue weighted by Crippen LogP contribution is -2.44. The lowest BCUT2D eigenvalue weighted by Gasteiger charge is -2.34. The number of likely N-dealkylation sites (N-methyl/N-ethyl adjacent to an activating group) is 1. The van der Waals surface area contributed by atoms with Gasteiger partial charge in [-0.25, -0.2) is 15.0 Å². The molecular weight excluding hydrogens is 386 g/mol. The van der Waals surface area contributed by atoms with Crippen molar-refractivity contribution in [3.05, 3.63) is 60.7 Å². The lowest BCUT2D eigenvalue weighted by atomic mass is 10.2. The van der Waals surface area contributed by atoms with Crippen molar-refractivity contribution in [3.8, 4) is 11.3 Å². The molecule has 7 heteroatoms. The summed E-state index contributed by atoms with van der Waals surface area (Å²) in [4.78, 5) is 18.4. The Kier molecular flexibility index (Phi) is 6.94. The van der Waals surface area contributed by atoms with E-state index >= 15 is 0 Å². The van der Waals surface area contributed by atoms with E-state index in [0.717, 1.165) is 67.7 Å². The molecule has 0 amide bonds. The molecule has 0 unspecified atom stereocenters. The number of pyridine rings is 1. The normalized spacial score (nSPS) is 14.5. The highest BCUT2D eigenvalue weighted by Gasteiger charge is 2.14. The number of piperazine rings is 1. The minimum absolute atomic E-state index is 0.575.